The van der Waals surface area contributed by atoms with Crippen molar-refractivity contribution in [2.24, 2.45) is 4.99 Å². The van der Waals surface area contributed by atoms with Crippen molar-refractivity contribution in [3.63, 3.8) is 0 Å². The highest BCUT2D eigenvalue weighted by Gasteiger charge is 2.22. The van der Waals surface area contributed by atoms with Gasteiger partial charge in [-0.05, 0) is 18.6 Å². The quantitative estimate of drug-likeness (QED) is 0.346. The summed E-state index contributed by atoms with van der Waals surface area (Å²) in [6, 6.07) is 3.90. The van der Waals surface area contributed by atoms with E-state index >= 15 is 0 Å². The number of fused-ring (bicyclic) bond motifs is 1. The van der Waals surface area contributed by atoms with E-state index in [0.29, 0.717) is 12.5 Å². The number of benzene rings is 1. The Morgan fingerprint density at radius 2 is 2.21 bits per heavy atom. The van der Waals surface area contributed by atoms with Gasteiger partial charge in [0.05, 0.1) is 6.54 Å². The molecule has 0 radical (unpaired) electrons. The topological polar surface area (TPSA) is 76.4 Å². The zero-order valence-electron chi connectivity index (χ0n) is 16.2. The van der Waals surface area contributed by atoms with Gasteiger partial charge >= 0.3 is 6.61 Å². The fourth-order valence-corrected chi connectivity index (χ4v) is 3.11. The van der Waals surface area contributed by atoms with Crippen LogP contribution in [0.15, 0.2) is 23.2 Å². The number of halogens is 4. The summed E-state index contributed by atoms with van der Waals surface area (Å²) in [6.45, 7) is -0.416. The fraction of sp³-hybridized carbons (Fsp3) is 0.500. The molecule has 1 unspecified atom stereocenters. The summed E-state index contributed by atoms with van der Waals surface area (Å²) < 4.78 is 45.4. The van der Waals surface area contributed by atoms with Crippen LogP contribution in [0.4, 0.5) is 13.2 Å². The van der Waals surface area contributed by atoms with Crippen LogP contribution in [-0.2, 0) is 25.9 Å². The normalized spacial score (nSPS) is 16.2. The van der Waals surface area contributed by atoms with E-state index in [4.69, 9.17) is 0 Å². The van der Waals surface area contributed by atoms with Crippen molar-refractivity contribution in [2.45, 2.75) is 51.9 Å². The molecule has 2 heterocycles. The highest BCUT2D eigenvalue weighted by molar-refractivity contribution is 14.0. The van der Waals surface area contributed by atoms with Crippen LogP contribution in [-0.4, -0.2) is 40.4 Å². The van der Waals surface area contributed by atoms with Gasteiger partial charge in [-0.3, -0.25) is 4.99 Å². The van der Waals surface area contributed by atoms with Crippen LogP contribution in [0.2, 0.25) is 0 Å². The molecule has 2 N–H and O–H groups in total. The number of alkyl halides is 2. The average molecular weight is 524 g/mol. The second-order valence-electron chi connectivity index (χ2n) is 6.38. The van der Waals surface area contributed by atoms with Crippen molar-refractivity contribution in [2.75, 3.05) is 7.05 Å². The molecule has 0 spiro atoms. The maximum Gasteiger partial charge on any atom is 0.387 e. The van der Waals surface area contributed by atoms with Crippen LogP contribution in [0.1, 0.15) is 30.6 Å². The molecule has 3 rings (SSSR count). The minimum Gasteiger partial charge on any atom is -0.434 e. The molecule has 1 aliphatic heterocycles. The van der Waals surface area contributed by atoms with Crippen LogP contribution in [0, 0.1) is 5.82 Å². The summed E-state index contributed by atoms with van der Waals surface area (Å²) in [7, 11) is 1.59. The van der Waals surface area contributed by atoms with Crippen LogP contribution in [0.3, 0.4) is 0 Å². The van der Waals surface area contributed by atoms with Gasteiger partial charge in [-0.25, -0.2) is 14.1 Å². The molecule has 0 saturated carbocycles. The lowest BCUT2D eigenvalue weighted by Crippen LogP contribution is -2.46. The summed E-state index contributed by atoms with van der Waals surface area (Å²) in [4.78, 5) is 8.62. The molecular weight excluding hydrogens is 500 g/mol. The number of nitrogens with one attached hydrogen (secondary N) is 2. The molecular formula is C18H24F3IN6O. The summed E-state index contributed by atoms with van der Waals surface area (Å²) in [5.74, 6) is 1.41. The van der Waals surface area contributed by atoms with Gasteiger partial charge in [0.2, 0.25) is 0 Å². The third kappa shape index (κ3) is 5.97. The summed E-state index contributed by atoms with van der Waals surface area (Å²) in [5.41, 5.74) is 0.0144. The molecule has 0 amide bonds. The van der Waals surface area contributed by atoms with Gasteiger partial charge < -0.3 is 15.4 Å². The average Bonchev–Trinajstić information content (AvgIpc) is 3.08. The van der Waals surface area contributed by atoms with Crippen LogP contribution >= 0.6 is 24.0 Å². The van der Waals surface area contributed by atoms with Crippen LogP contribution < -0.4 is 15.4 Å². The predicted octanol–water partition coefficient (Wildman–Crippen LogP) is 2.88. The first kappa shape index (κ1) is 23.2. The van der Waals surface area contributed by atoms with Crippen molar-refractivity contribution < 1.29 is 17.9 Å². The van der Waals surface area contributed by atoms with Gasteiger partial charge in [0, 0.05) is 38.0 Å². The number of nitrogens with zero attached hydrogens (tertiary/aromatic N) is 4. The first-order valence-electron chi connectivity index (χ1n) is 9.12. The number of hydrogen-bond acceptors (Lipinski definition) is 4. The molecule has 1 aromatic carbocycles. The molecule has 160 valence electrons. The number of aryl methyl sites for hydroxylation is 2. The summed E-state index contributed by atoms with van der Waals surface area (Å²) >= 11 is 0. The summed E-state index contributed by atoms with van der Waals surface area (Å²) in [5, 5.41) is 10.7. The zero-order chi connectivity index (χ0) is 20.1. The molecule has 7 nitrogen and oxygen atoms in total. The number of guanidine groups is 1. The van der Waals surface area contributed by atoms with Gasteiger partial charge in [-0.1, -0.05) is 13.0 Å². The first-order valence-corrected chi connectivity index (χ1v) is 9.12. The smallest absolute Gasteiger partial charge is 0.387 e. The Labute approximate surface area is 184 Å². The number of aliphatic imine (C=N–C) groups is 1. The Kier molecular flexibility index (Phi) is 8.53. The van der Waals surface area contributed by atoms with E-state index in [2.05, 4.69) is 30.4 Å². The molecule has 0 saturated heterocycles. The third-order valence-electron chi connectivity index (χ3n) is 4.51. The number of rotatable bonds is 6. The van der Waals surface area contributed by atoms with Crippen molar-refractivity contribution in [1.29, 1.82) is 0 Å². The zero-order valence-corrected chi connectivity index (χ0v) is 18.5. The van der Waals surface area contributed by atoms with Crippen molar-refractivity contribution >= 4 is 29.9 Å². The largest absolute Gasteiger partial charge is 0.434 e. The van der Waals surface area contributed by atoms with Crippen molar-refractivity contribution in [3.05, 3.63) is 41.2 Å². The second-order valence-corrected chi connectivity index (χ2v) is 6.38. The predicted molar refractivity (Wildman–Crippen MR) is 113 cm³/mol. The van der Waals surface area contributed by atoms with E-state index in [1.165, 1.54) is 18.2 Å². The standard InChI is InChI=1S/C18H23F3N6O.HI/c1-3-15-25-16-8-7-11(10-27(16)26-15)24-18(22-2)23-9-12-13(19)5-4-6-14(12)28-17(20)21;/h4-6,11,17H,3,7-10H2,1-2H3,(H2,22,23,24);1H. The second kappa shape index (κ2) is 10.6. The molecule has 1 aliphatic rings. The highest BCUT2D eigenvalue weighted by Crippen LogP contribution is 2.23. The minimum atomic E-state index is -3.02. The Bertz CT molecular complexity index is 845. The van der Waals surface area contributed by atoms with Crippen molar-refractivity contribution in [1.82, 2.24) is 25.4 Å². The van der Waals surface area contributed by atoms with Gasteiger partial charge in [0.1, 0.15) is 17.4 Å². The lowest BCUT2D eigenvalue weighted by molar-refractivity contribution is -0.0506. The minimum absolute atomic E-state index is 0. The van der Waals surface area contributed by atoms with Crippen LogP contribution in [0.25, 0.3) is 0 Å². The first-order chi connectivity index (χ1) is 13.5. The molecule has 29 heavy (non-hydrogen) atoms. The SMILES string of the molecule is CCc1nc2n(n1)CC(NC(=NC)NCc1c(F)cccc1OC(F)F)CC2.I. The lowest BCUT2D eigenvalue weighted by Gasteiger charge is -2.25. The molecule has 1 aromatic heterocycles. The Morgan fingerprint density at radius 1 is 1.41 bits per heavy atom. The molecule has 11 heteroatoms. The van der Waals surface area contributed by atoms with Gasteiger partial charge in [-0.2, -0.15) is 13.9 Å². The maximum atomic E-state index is 14.1. The van der Waals surface area contributed by atoms with E-state index in [1.54, 1.807) is 7.05 Å². The van der Waals surface area contributed by atoms with Gasteiger partial charge in [0.25, 0.3) is 0 Å². The van der Waals surface area contributed by atoms with E-state index < -0.39 is 12.4 Å². The van der Waals surface area contributed by atoms with Gasteiger partial charge in [-0.15, -0.1) is 24.0 Å². The molecule has 0 fully saturated rings. The number of ether oxygens (including phenoxy) is 1. The Morgan fingerprint density at radius 3 is 2.90 bits per heavy atom. The highest BCUT2D eigenvalue weighted by atomic mass is 127. The Hall–Kier alpha value is -2.05. The Balaban J connectivity index is 0.00000300. The summed E-state index contributed by atoms with van der Waals surface area (Å²) in [6.07, 6.45) is 2.43. The molecule has 2 aromatic rings. The van der Waals surface area contributed by atoms with E-state index in [0.717, 1.165) is 30.9 Å². The maximum absolute atomic E-state index is 14.1. The van der Waals surface area contributed by atoms with E-state index in [1.807, 2.05) is 11.6 Å². The number of hydrogen-bond donors (Lipinski definition) is 2. The third-order valence-corrected chi connectivity index (χ3v) is 4.51. The number of aromatic nitrogens is 3. The van der Waals surface area contributed by atoms with Gasteiger partial charge in [0.15, 0.2) is 11.8 Å². The van der Waals surface area contributed by atoms with E-state index in [-0.39, 0.29) is 47.9 Å². The molecule has 0 bridgehead atoms. The fourth-order valence-electron chi connectivity index (χ4n) is 3.11. The monoisotopic (exact) mass is 524 g/mol. The van der Waals surface area contributed by atoms with E-state index in [9.17, 15) is 13.2 Å². The van der Waals surface area contributed by atoms with Crippen molar-refractivity contribution in [3.8, 4) is 5.75 Å². The lowest BCUT2D eigenvalue weighted by atomic mass is 10.1. The molecule has 0 aliphatic carbocycles. The van der Waals surface area contributed by atoms with Crippen LogP contribution in [0.5, 0.6) is 5.75 Å². The molecule has 1 atom stereocenters.